The first-order chi connectivity index (χ1) is 14.0. The van der Waals surface area contributed by atoms with Crippen LogP contribution < -0.4 is 15.5 Å². The zero-order chi connectivity index (χ0) is 20.4. The highest BCUT2D eigenvalue weighted by molar-refractivity contribution is 5.89. The Balaban J connectivity index is 1.65. The summed E-state index contributed by atoms with van der Waals surface area (Å²) in [6, 6.07) is 11.3. The third-order valence-electron chi connectivity index (χ3n) is 4.83. The lowest BCUT2D eigenvalue weighted by Crippen LogP contribution is -2.46. The molecule has 1 fully saturated rings. The highest BCUT2D eigenvalue weighted by Crippen LogP contribution is 2.27. The zero-order valence-corrected chi connectivity index (χ0v) is 16.9. The van der Waals surface area contributed by atoms with Crippen molar-refractivity contribution < 1.29 is 9.53 Å². The second-order valence-electron chi connectivity index (χ2n) is 7.32. The van der Waals surface area contributed by atoms with Crippen LogP contribution in [0.1, 0.15) is 20.8 Å². The summed E-state index contributed by atoms with van der Waals surface area (Å²) in [5.41, 5.74) is 2.58. The second kappa shape index (κ2) is 8.08. The summed E-state index contributed by atoms with van der Waals surface area (Å²) in [7, 11) is 0. The van der Waals surface area contributed by atoms with Gasteiger partial charge in [0.15, 0.2) is 11.6 Å². The molecule has 2 amide bonds. The van der Waals surface area contributed by atoms with E-state index in [-0.39, 0.29) is 18.2 Å². The molecule has 2 N–H and O–H groups in total. The van der Waals surface area contributed by atoms with Crippen molar-refractivity contribution in [2.75, 3.05) is 29.9 Å². The topological polar surface area (TPSA) is 83.8 Å². The molecule has 2 aromatic heterocycles. The molecule has 29 heavy (non-hydrogen) atoms. The maximum Gasteiger partial charge on any atom is 0.319 e. The fourth-order valence-corrected chi connectivity index (χ4v) is 3.66. The van der Waals surface area contributed by atoms with Crippen LogP contribution in [0.2, 0.25) is 0 Å². The van der Waals surface area contributed by atoms with Gasteiger partial charge in [-0.3, -0.25) is 0 Å². The summed E-state index contributed by atoms with van der Waals surface area (Å²) in [6.45, 7) is 8.20. The number of ether oxygens (including phenoxy) is 1. The first-order valence-corrected chi connectivity index (χ1v) is 9.94. The van der Waals surface area contributed by atoms with Gasteiger partial charge in [-0.1, -0.05) is 0 Å². The Bertz CT molecular complexity index is 990. The Morgan fingerprint density at radius 2 is 1.90 bits per heavy atom. The predicted octanol–water partition coefficient (Wildman–Crippen LogP) is 3.15. The van der Waals surface area contributed by atoms with Gasteiger partial charge < -0.3 is 20.3 Å². The molecule has 0 aliphatic carbocycles. The lowest BCUT2D eigenvalue weighted by molar-refractivity contribution is -0.00539. The molecule has 0 unspecified atom stereocenters. The molecule has 2 atom stereocenters. The molecular formula is C21H26N6O2. The van der Waals surface area contributed by atoms with Crippen LogP contribution >= 0.6 is 0 Å². The van der Waals surface area contributed by atoms with E-state index in [2.05, 4.69) is 34.5 Å². The van der Waals surface area contributed by atoms with Crippen LogP contribution in [0.3, 0.4) is 0 Å². The van der Waals surface area contributed by atoms with Crippen molar-refractivity contribution in [2.24, 2.45) is 0 Å². The van der Waals surface area contributed by atoms with Crippen LogP contribution in [0.4, 0.5) is 16.3 Å². The number of amides is 2. The smallest absolute Gasteiger partial charge is 0.319 e. The molecule has 0 saturated carbocycles. The Hall–Kier alpha value is -3.13. The fraction of sp³-hybridized carbons (Fsp3) is 0.381. The Labute approximate surface area is 169 Å². The molecule has 0 bridgehead atoms. The van der Waals surface area contributed by atoms with Crippen LogP contribution in [-0.4, -0.2) is 52.5 Å². The summed E-state index contributed by atoms with van der Waals surface area (Å²) in [6.07, 6.45) is 2.22. The van der Waals surface area contributed by atoms with Crippen molar-refractivity contribution >= 4 is 23.1 Å². The number of urea groups is 1. The van der Waals surface area contributed by atoms with Crippen molar-refractivity contribution in [2.45, 2.75) is 33.0 Å². The monoisotopic (exact) mass is 394 g/mol. The molecule has 8 nitrogen and oxygen atoms in total. The average Bonchev–Trinajstić information content (AvgIpc) is 3.16. The second-order valence-corrected chi connectivity index (χ2v) is 7.32. The van der Waals surface area contributed by atoms with E-state index in [1.165, 1.54) is 0 Å². The molecule has 3 aromatic rings. The van der Waals surface area contributed by atoms with Gasteiger partial charge in [-0.25, -0.2) is 14.3 Å². The Kier molecular flexibility index (Phi) is 5.35. The molecule has 0 spiro atoms. The minimum Gasteiger partial charge on any atom is -0.372 e. The summed E-state index contributed by atoms with van der Waals surface area (Å²) >= 11 is 0. The molecule has 1 saturated heterocycles. The van der Waals surface area contributed by atoms with Crippen LogP contribution in [-0.2, 0) is 4.74 Å². The van der Waals surface area contributed by atoms with Gasteiger partial charge in [0.1, 0.15) is 5.52 Å². The van der Waals surface area contributed by atoms with Gasteiger partial charge in [0.05, 0.1) is 12.2 Å². The summed E-state index contributed by atoms with van der Waals surface area (Å²) < 4.78 is 7.74. The van der Waals surface area contributed by atoms with Crippen LogP contribution in [0, 0.1) is 0 Å². The number of benzene rings is 1. The molecule has 152 valence electrons. The maximum absolute atomic E-state index is 11.7. The summed E-state index contributed by atoms with van der Waals surface area (Å²) in [4.78, 5) is 18.9. The molecule has 1 aromatic carbocycles. The van der Waals surface area contributed by atoms with Crippen molar-refractivity contribution in [1.82, 2.24) is 19.9 Å². The molecule has 0 radical (unpaired) electrons. The Morgan fingerprint density at radius 3 is 2.59 bits per heavy atom. The van der Waals surface area contributed by atoms with E-state index in [0.717, 1.165) is 35.7 Å². The molecule has 1 aliphatic rings. The van der Waals surface area contributed by atoms with E-state index < -0.39 is 0 Å². The quantitative estimate of drug-likeness (QED) is 0.710. The van der Waals surface area contributed by atoms with E-state index in [4.69, 9.17) is 9.72 Å². The van der Waals surface area contributed by atoms with Gasteiger partial charge in [0.2, 0.25) is 0 Å². The van der Waals surface area contributed by atoms with E-state index in [9.17, 15) is 4.79 Å². The number of fused-ring (bicyclic) bond motifs is 1. The molecule has 3 heterocycles. The van der Waals surface area contributed by atoms with Gasteiger partial charge in [-0.15, -0.1) is 5.10 Å². The van der Waals surface area contributed by atoms with Crippen molar-refractivity contribution in [1.29, 1.82) is 0 Å². The number of carbonyl (C=O) groups excluding carboxylic acids is 1. The van der Waals surface area contributed by atoms with Crippen molar-refractivity contribution in [3.8, 4) is 11.4 Å². The lowest BCUT2D eigenvalue weighted by atomic mass is 10.2. The normalized spacial score (nSPS) is 19.3. The number of hydrogen-bond acceptors (Lipinski definition) is 5. The zero-order valence-electron chi connectivity index (χ0n) is 16.9. The standard InChI is InChI=1S/C21H26N6O2/c1-4-22-21(28)23-17-9-7-16(8-10-17)19-24-20(18-6-5-11-27(18)25-19)26-12-14(2)29-15(3)13-26/h5-11,14-15H,4,12-13H2,1-3H3,(H2,22,23,28)/t14-,15+. The van der Waals surface area contributed by atoms with Gasteiger partial charge >= 0.3 is 6.03 Å². The van der Waals surface area contributed by atoms with E-state index in [0.29, 0.717) is 12.4 Å². The maximum atomic E-state index is 11.7. The number of nitrogens with zero attached hydrogens (tertiary/aromatic N) is 4. The molecule has 8 heteroatoms. The van der Waals surface area contributed by atoms with Gasteiger partial charge in [-0.2, -0.15) is 0 Å². The van der Waals surface area contributed by atoms with E-state index in [1.54, 1.807) is 0 Å². The van der Waals surface area contributed by atoms with Crippen molar-refractivity contribution in [3.05, 3.63) is 42.6 Å². The number of hydrogen-bond donors (Lipinski definition) is 2. The minimum absolute atomic E-state index is 0.145. The average molecular weight is 394 g/mol. The summed E-state index contributed by atoms with van der Waals surface area (Å²) in [5.74, 6) is 1.55. The first kappa shape index (κ1) is 19.2. The number of carbonyl (C=O) groups is 1. The first-order valence-electron chi connectivity index (χ1n) is 9.94. The van der Waals surface area contributed by atoms with Crippen LogP contribution in [0.15, 0.2) is 42.6 Å². The minimum atomic E-state index is -0.219. The largest absolute Gasteiger partial charge is 0.372 e. The van der Waals surface area contributed by atoms with E-state index >= 15 is 0 Å². The fourth-order valence-electron chi connectivity index (χ4n) is 3.66. The van der Waals surface area contributed by atoms with Gasteiger partial charge in [-0.05, 0) is 57.2 Å². The highest BCUT2D eigenvalue weighted by Gasteiger charge is 2.25. The van der Waals surface area contributed by atoms with Crippen LogP contribution in [0.25, 0.3) is 16.9 Å². The van der Waals surface area contributed by atoms with Gasteiger partial charge in [0.25, 0.3) is 0 Å². The predicted molar refractivity (Wildman–Crippen MR) is 113 cm³/mol. The SMILES string of the molecule is CCNC(=O)Nc1ccc(-c2nc(N3C[C@@H](C)O[C@@H](C)C3)c3cccn3n2)cc1. The number of rotatable bonds is 4. The van der Waals surface area contributed by atoms with E-state index in [1.807, 2.05) is 54.0 Å². The van der Waals surface area contributed by atoms with Crippen molar-refractivity contribution in [3.63, 3.8) is 0 Å². The third-order valence-corrected chi connectivity index (χ3v) is 4.83. The Morgan fingerprint density at radius 1 is 1.17 bits per heavy atom. The molecule has 4 rings (SSSR count). The third kappa shape index (κ3) is 4.17. The number of morpholine rings is 1. The molecule has 1 aliphatic heterocycles. The molecular weight excluding hydrogens is 368 g/mol. The number of anilines is 2. The van der Waals surface area contributed by atoms with Gasteiger partial charge in [0, 0.05) is 37.1 Å². The highest BCUT2D eigenvalue weighted by atomic mass is 16.5. The number of nitrogens with one attached hydrogen (secondary N) is 2. The lowest BCUT2D eigenvalue weighted by Gasteiger charge is -2.36. The number of aromatic nitrogens is 3. The van der Waals surface area contributed by atoms with Crippen LogP contribution in [0.5, 0.6) is 0 Å². The summed E-state index contributed by atoms with van der Waals surface area (Å²) in [5, 5.41) is 10.2.